The van der Waals surface area contributed by atoms with Crippen molar-refractivity contribution in [2.75, 3.05) is 39.3 Å². The van der Waals surface area contributed by atoms with Gasteiger partial charge < -0.3 is 25.2 Å². The van der Waals surface area contributed by atoms with Gasteiger partial charge in [0.25, 0.3) is 0 Å². The quantitative estimate of drug-likeness (QED) is 0.296. The third kappa shape index (κ3) is 10.6. The molecule has 7 nitrogen and oxygen atoms in total. The first kappa shape index (κ1) is 28.3. The Morgan fingerprint density at radius 3 is 2.42 bits per heavy atom. The molecular weight excluding hydrogens is 505 g/mol. The molecule has 2 aliphatic rings. The summed E-state index contributed by atoms with van der Waals surface area (Å²) in [4.78, 5) is 21.6. The lowest BCUT2D eigenvalue weighted by Gasteiger charge is -2.35. The highest BCUT2D eigenvalue weighted by Gasteiger charge is 2.27. The van der Waals surface area contributed by atoms with Crippen LogP contribution in [0.1, 0.15) is 73.6 Å². The summed E-state index contributed by atoms with van der Waals surface area (Å²) in [5.41, 5.74) is -0.438. The lowest BCUT2D eigenvalue weighted by atomic mass is 9.95. The van der Waals surface area contributed by atoms with E-state index < -0.39 is 5.60 Å². The number of hydrogen-bond donors (Lipinski definition) is 2. The average Bonchev–Trinajstić information content (AvgIpc) is 2.67. The van der Waals surface area contributed by atoms with Gasteiger partial charge in [-0.2, -0.15) is 0 Å². The Morgan fingerprint density at radius 1 is 1.16 bits per heavy atom. The van der Waals surface area contributed by atoms with E-state index in [2.05, 4.69) is 36.3 Å². The predicted octanol–water partition coefficient (Wildman–Crippen LogP) is 4.07. The second kappa shape index (κ2) is 13.7. The van der Waals surface area contributed by atoms with Gasteiger partial charge in [0.15, 0.2) is 5.96 Å². The number of guanidine groups is 1. The monoisotopic (exact) mass is 551 g/mol. The molecule has 0 aromatic heterocycles. The summed E-state index contributed by atoms with van der Waals surface area (Å²) in [5, 5.41) is 7.03. The molecule has 31 heavy (non-hydrogen) atoms. The maximum absolute atomic E-state index is 12.4. The van der Waals surface area contributed by atoms with Gasteiger partial charge in [0.1, 0.15) is 5.60 Å². The summed E-state index contributed by atoms with van der Waals surface area (Å²) < 4.78 is 5.54. The number of halogens is 1. The van der Waals surface area contributed by atoms with Crippen LogP contribution in [0, 0.1) is 5.92 Å². The summed E-state index contributed by atoms with van der Waals surface area (Å²) in [6, 6.07) is 1.12. The molecule has 8 heteroatoms. The lowest BCUT2D eigenvalue weighted by molar-refractivity contribution is 0.0163. The molecule has 2 aliphatic heterocycles. The van der Waals surface area contributed by atoms with Crippen molar-refractivity contribution in [1.29, 1.82) is 0 Å². The van der Waals surface area contributed by atoms with Crippen LogP contribution >= 0.6 is 24.0 Å². The molecule has 0 aromatic carbocycles. The van der Waals surface area contributed by atoms with Gasteiger partial charge >= 0.3 is 6.09 Å². The Labute approximate surface area is 207 Å². The first-order chi connectivity index (χ1) is 14.2. The molecule has 2 saturated heterocycles. The van der Waals surface area contributed by atoms with E-state index in [9.17, 15) is 4.79 Å². The summed E-state index contributed by atoms with van der Waals surface area (Å²) in [6.45, 7) is 17.9. The van der Waals surface area contributed by atoms with Crippen LogP contribution in [0.4, 0.5) is 4.79 Å². The summed E-state index contributed by atoms with van der Waals surface area (Å²) >= 11 is 0. The summed E-state index contributed by atoms with van der Waals surface area (Å²) in [5.74, 6) is 1.42. The fourth-order valence-electron chi connectivity index (χ4n) is 4.23. The number of nitrogens with zero attached hydrogens (tertiary/aromatic N) is 3. The first-order valence-electron chi connectivity index (χ1n) is 11.9. The topological polar surface area (TPSA) is 69.2 Å². The maximum Gasteiger partial charge on any atom is 0.410 e. The van der Waals surface area contributed by atoms with Crippen LogP contribution in [0.5, 0.6) is 0 Å². The van der Waals surface area contributed by atoms with Crippen molar-refractivity contribution in [2.45, 2.75) is 91.3 Å². The van der Waals surface area contributed by atoms with E-state index in [4.69, 9.17) is 9.73 Å². The third-order valence-electron chi connectivity index (χ3n) is 5.92. The number of aliphatic imine (C=N–C) groups is 1. The SMILES string of the molecule is CCNC(=NCCC1CCCN(C(=O)OC(C)(C)C)C1)NC1CCN(C(C)C)CC1.I. The van der Waals surface area contributed by atoms with Gasteiger partial charge in [0.2, 0.25) is 0 Å². The zero-order valence-electron chi connectivity index (χ0n) is 20.6. The van der Waals surface area contributed by atoms with Gasteiger partial charge in [0.05, 0.1) is 0 Å². The summed E-state index contributed by atoms with van der Waals surface area (Å²) in [6.07, 6.45) is 5.35. The van der Waals surface area contributed by atoms with Crippen molar-refractivity contribution in [3.05, 3.63) is 0 Å². The van der Waals surface area contributed by atoms with Crippen LogP contribution in [0.25, 0.3) is 0 Å². The fourth-order valence-corrected chi connectivity index (χ4v) is 4.23. The molecule has 0 saturated carbocycles. The van der Waals surface area contributed by atoms with Gasteiger partial charge in [-0.15, -0.1) is 24.0 Å². The van der Waals surface area contributed by atoms with Gasteiger partial charge in [0, 0.05) is 51.4 Å². The molecule has 1 atom stereocenters. The van der Waals surface area contributed by atoms with Crippen LogP contribution in [-0.4, -0.2) is 78.8 Å². The fraction of sp³-hybridized carbons (Fsp3) is 0.913. The van der Waals surface area contributed by atoms with E-state index in [0.29, 0.717) is 18.0 Å². The van der Waals surface area contributed by atoms with Crippen molar-refractivity contribution in [1.82, 2.24) is 20.4 Å². The second-order valence-electron chi connectivity index (χ2n) is 10.0. The average molecular weight is 552 g/mol. The molecular formula is C23H46IN5O2. The number of amides is 1. The lowest BCUT2D eigenvalue weighted by Crippen LogP contribution is -2.50. The number of rotatable bonds is 6. The molecule has 0 spiro atoms. The Kier molecular flexibility index (Phi) is 12.5. The van der Waals surface area contributed by atoms with Crippen LogP contribution in [0.3, 0.4) is 0 Å². The molecule has 0 aromatic rings. The Bertz CT molecular complexity index is 557. The molecule has 2 rings (SSSR count). The molecule has 1 unspecified atom stereocenters. The Hall–Kier alpha value is -0.770. The smallest absolute Gasteiger partial charge is 0.410 e. The van der Waals surface area contributed by atoms with E-state index in [1.807, 2.05) is 25.7 Å². The van der Waals surface area contributed by atoms with Crippen molar-refractivity contribution < 1.29 is 9.53 Å². The number of piperidine rings is 2. The minimum absolute atomic E-state index is 0. The number of nitrogens with one attached hydrogen (secondary N) is 2. The molecule has 0 radical (unpaired) electrons. The van der Waals surface area contributed by atoms with E-state index in [-0.39, 0.29) is 30.1 Å². The molecule has 2 heterocycles. The zero-order valence-corrected chi connectivity index (χ0v) is 22.9. The van der Waals surface area contributed by atoms with Gasteiger partial charge in [-0.1, -0.05) is 0 Å². The van der Waals surface area contributed by atoms with E-state index >= 15 is 0 Å². The standard InChI is InChI=1S/C23H45N5O2.HI/c1-7-24-21(26-20-11-15-27(16-12-20)18(2)3)25-13-10-19-9-8-14-28(17-19)22(29)30-23(4,5)6;/h18-20H,7-17H2,1-6H3,(H2,24,25,26);1H. The number of ether oxygens (including phenoxy) is 1. The Balaban J connectivity index is 0.00000480. The molecule has 2 fully saturated rings. The highest BCUT2D eigenvalue weighted by Crippen LogP contribution is 2.22. The van der Waals surface area contributed by atoms with Crippen molar-refractivity contribution in [3.63, 3.8) is 0 Å². The van der Waals surface area contributed by atoms with Crippen LogP contribution in [-0.2, 0) is 4.74 Å². The van der Waals surface area contributed by atoms with Crippen LogP contribution in [0.2, 0.25) is 0 Å². The van der Waals surface area contributed by atoms with Crippen molar-refractivity contribution >= 4 is 36.0 Å². The van der Waals surface area contributed by atoms with E-state index in [1.54, 1.807) is 0 Å². The third-order valence-corrected chi connectivity index (χ3v) is 5.92. The number of hydrogen-bond acceptors (Lipinski definition) is 4. The van der Waals surface area contributed by atoms with Gasteiger partial charge in [-0.25, -0.2) is 4.79 Å². The summed E-state index contributed by atoms with van der Waals surface area (Å²) in [7, 11) is 0. The highest BCUT2D eigenvalue weighted by atomic mass is 127. The number of carbonyl (C=O) groups excluding carboxylic acids is 1. The van der Waals surface area contributed by atoms with E-state index in [0.717, 1.165) is 77.3 Å². The zero-order chi connectivity index (χ0) is 22.1. The maximum atomic E-state index is 12.4. The number of likely N-dealkylation sites (tertiary alicyclic amines) is 2. The molecule has 1 amide bonds. The highest BCUT2D eigenvalue weighted by molar-refractivity contribution is 14.0. The molecule has 2 N–H and O–H groups in total. The first-order valence-corrected chi connectivity index (χ1v) is 11.9. The van der Waals surface area contributed by atoms with Crippen LogP contribution < -0.4 is 10.6 Å². The van der Waals surface area contributed by atoms with Crippen LogP contribution in [0.15, 0.2) is 4.99 Å². The molecule has 0 bridgehead atoms. The normalized spacial score (nSPS) is 21.6. The Morgan fingerprint density at radius 2 is 1.84 bits per heavy atom. The van der Waals surface area contributed by atoms with Gasteiger partial charge in [-0.05, 0) is 79.6 Å². The largest absolute Gasteiger partial charge is 0.444 e. The molecule has 182 valence electrons. The minimum Gasteiger partial charge on any atom is -0.444 e. The van der Waals surface area contributed by atoms with E-state index in [1.165, 1.54) is 0 Å². The number of carbonyl (C=O) groups is 1. The predicted molar refractivity (Wildman–Crippen MR) is 139 cm³/mol. The minimum atomic E-state index is -0.438. The van der Waals surface area contributed by atoms with Crippen molar-refractivity contribution in [3.8, 4) is 0 Å². The van der Waals surface area contributed by atoms with Crippen molar-refractivity contribution in [2.24, 2.45) is 10.9 Å². The van der Waals surface area contributed by atoms with Gasteiger partial charge in [-0.3, -0.25) is 4.99 Å². The second-order valence-corrected chi connectivity index (χ2v) is 10.0. The molecule has 0 aliphatic carbocycles.